The number of aryl methyl sites for hydroxylation is 1. The molecule has 138 valence electrons. The van der Waals surface area contributed by atoms with Crippen LogP contribution in [0.4, 0.5) is 5.82 Å². The van der Waals surface area contributed by atoms with Crippen LogP contribution in [0.3, 0.4) is 0 Å². The molecule has 0 atom stereocenters. The van der Waals surface area contributed by atoms with Crippen molar-refractivity contribution in [3.05, 3.63) is 36.2 Å². The van der Waals surface area contributed by atoms with E-state index in [-0.39, 0.29) is 5.92 Å². The molecule has 2 aromatic heterocycles. The van der Waals surface area contributed by atoms with Crippen molar-refractivity contribution in [2.45, 2.75) is 19.8 Å². The van der Waals surface area contributed by atoms with E-state index in [1.54, 1.807) is 6.92 Å². The predicted octanol–water partition coefficient (Wildman–Crippen LogP) is 2.65. The number of aromatic nitrogens is 3. The number of carbonyl (C=O) groups excluding carboxylic acids is 1. The van der Waals surface area contributed by atoms with Gasteiger partial charge in [-0.2, -0.15) is 4.98 Å². The Labute approximate surface area is 157 Å². The zero-order valence-corrected chi connectivity index (χ0v) is 15.3. The molecule has 0 N–H and O–H groups in total. The summed E-state index contributed by atoms with van der Waals surface area (Å²) in [6, 6.07) is 10.1. The fourth-order valence-electron chi connectivity index (χ4n) is 3.65. The monoisotopic (exact) mass is 363 g/mol. The van der Waals surface area contributed by atoms with Gasteiger partial charge in [-0.1, -0.05) is 23.4 Å². The molecule has 1 aromatic carbocycles. The number of hydrogen-bond acceptors (Lipinski definition) is 6. The van der Waals surface area contributed by atoms with Crippen LogP contribution in [0.1, 0.15) is 18.7 Å². The van der Waals surface area contributed by atoms with Crippen molar-refractivity contribution in [2.24, 2.45) is 5.92 Å². The third-order valence-corrected chi connectivity index (χ3v) is 5.29. The second-order valence-corrected chi connectivity index (χ2v) is 7.28. The number of anilines is 1. The van der Waals surface area contributed by atoms with Gasteiger partial charge in [0.25, 0.3) is 0 Å². The molecule has 1 saturated carbocycles. The number of nitrogens with zero attached hydrogens (tertiary/aromatic N) is 5. The summed E-state index contributed by atoms with van der Waals surface area (Å²) in [5.74, 6) is 2.53. The van der Waals surface area contributed by atoms with Gasteiger partial charge in [0.15, 0.2) is 0 Å². The third kappa shape index (κ3) is 3.03. The van der Waals surface area contributed by atoms with E-state index < -0.39 is 0 Å². The molecule has 1 aliphatic carbocycles. The second kappa shape index (κ2) is 6.33. The van der Waals surface area contributed by atoms with Crippen molar-refractivity contribution in [3.8, 4) is 11.4 Å². The second-order valence-electron chi connectivity index (χ2n) is 7.28. The number of piperazine rings is 1. The summed E-state index contributed by atoms with van der Waals surface area (Å²) < 4.78 is 5.19. The number of amides is 1. The number of fused-ring (bicyclic) bond motifs is 1. The number of rotatable bonds is 3. The average molecular weight is 363 g/mol. The Morgan fingerprint density at radius 1 is 1.11 bits per heavy atom. The molecule has 27 heavy (non-hydrogen) atoms. The van der Waals surface area contributed by atoms with Gasteiger partial charge in [0, 0.05) is 44.4 Å². The SMILES string of the molecule is Cc1nc(-c2cc3ccccc3nc2N2CCN(C(=O)C3CC3)CC2)no1. The summed E-state index contributed by atoms with van der Waals surface area (Å²) in [7, 11) is 0. The summed E-state index contributed by atoms with van der Waals surface area (Å²) in [6.07, 6.45) is 2.10. The van der Waals surface area contributed by atoms with E-state index >= 15 is 0 Å². The molecule has 0 spiro atoms. The quantitative estimate of drug-likeness (QED) is 0.712. The molecule has 3 heterocycles. The van der Waals surface area contributed by atoms with Crippen LogP contribution in [0.25, 0.3) is 22.3 Å². The van der Waals surface area contributed by atoms with E-state index in [0.717, 1.165) is 61.3 Å². The van der Waals surface area contributed by atoms with Crippen LogP contribution >= 0.6 is 0 Å². The Balaban J connectivity index is 1.49. The maximum atomic E-state index is 12.3. The van der Waals surface area contributed by atoms with Crippen molar-refractivity contribution < 1.29 is 9.32 Å². The van der Waals surface area contributed by atoms with Gasteiger partial charge in [-0.25, -0.2) is 4.98 Å². The maximum absolute atomic E-state index is 12.3. The molecule has 1 amide bonds. The van der Waals surface area contributed by atoms with Crippen LogP contribution in [-0.2, 0) is 4.79 Å². The number of pyridine rings is 1. The van der Waals surface area contributed by atoms with Gasteiger partial charge in [-0.3, -0.25) is 4.79 Å². The predicted molar refractivity (Wildman–Crippen MR) is 101 cm³/mol. The highest BCUT2D eigenvalue weighted by Crippen LogP contribution is 2.33. The first kappa shape index (κ1) is 16.2. The molecule has 1 saturated heterocycles. The van der Waals surface area contributed by atoms with Crippen molar-refractivity contribution in [1.82, 2.24) is 20.0 Å². The zero-order chi connectivity index (χ0) is 18.4. The van der Waals surface area contributed by atoms with Crippen LogP contribution in [0.15, 0.2) is 34.9 Å². The summed E-state index contributed by atoms with van der Waals surface area (Å²) in [5, 5.41) is 5.15. The fraction of sp³-hybridized carbons (Fsp3) is 0.400. The van der Waals surface area contributed by atoms with Crippen LogP contribution < -0.4 is 4.90 Å². The minimum Gasteiger partial charge on any atom is -0.352 e. The molecule has 5 rings (SSSR count). The van der Waals surface area contributed by atoms with Gasteiger partial charge in [-0.05, 0) is 25.0 Å². The molecule has 7 heteroatoms. The van der Waals surface area contributed by atoms with E-state index in [2.05, 4.69) is 21.1 Å². The highest BCUT2D eigenvalue weighted by Gasteiger charge is 2.35. The largest absolute Gasteiger partial charge is 0.352 e. The number of para-hydroxylation sites is 1. The number of hydrogen-bond donors (Lipinski definition) is 0. The summed E-state index contributed by atoms with van der Waals surface area (Å²) in [4.78, 5) is 25.9. The summed E-state index contributed by atoms with van der Waals surface area (Å²) in [6.45, 7) is 4.76. The van der Waals surface area contributed by atoms with Gasteiger partial charge >= 0.3 is 0 Å². The lowest BCUT2D eigenvalue weighted by Gasteiger charge is -2.36. The molecule has 2 aliphatic rings. The molecule has 0 radical (unpaired) electrons. The van der Waals surface area contributed by atoms with Gasteiger partial charge < -0.3 is 14.3 Å². The first-order valence-corrected chi connectivity index (χ1v) is 9.43. The molecular formula is C20H21N5O2. The average Bonchev–Trinajstić information content (AvgIpc) is 3.47. The van der Waals surface area contributed by atoms with Crippen LogP contribution in [0.5, 0.6) is 0 Å². The molecule has 1 aliphatic heterocycles. The fourth-order valence-corrected chi connectivity index (χ4v) is 3.65. The summed E-state index contributed by atoms with van der Waals surface area (Å²) >= 11 is 0. The van der Waals surface area contributed by atoms with Crippen LogP contribution in [0.2, 0.25) is 0 Å². The molecule has 7 nitrogen and oxygen atoms in total. The van der Waals surface area contributed by atoms with Gasteiger partial charge in [0.2, 0.25) is 17.6 Å². The van der Waals surface area contributed by atoms with Gasteiger partial charge in [0.05, 0.1) is 11.1 Å². The maximum Gasteiger partial charge on any atom is 0.225 e. The Hall–Kier alpha value is -2.96. The Bertz CT molecular complexity index is 1000. The molecule has 0 bridgehead atoms. The smallest absolute Gasteiger partial charge is 0.225 e. The molecule has 2 fully saturated rings. The Morgan fingerprint density at radius 3 is 2.59 bits per heavy atom. The van der Waals surface area contributed by atoms with Gasteiger partial charge in [-0.15, -0.1) is 0 Å². The minimum absolute atomic E-state index is 0.271. The van der Waals surface area contributed by atoms with Crippen molar-refractivity contribution in [3.63, 3.8) is 0 Å². The Kier molecular flexibility index (Phi) is 3.81. The topological polar surface area (TPSA) is 75.4 Å². The third-order valence-electron chi connectivity index (χ3n) is 5.29. The summed E-state index contributed by atoms with van der Waals surface area (Å²) in [5.41, 5.74) is 1.81. The van der Waals surface area contributed by atoms with Crippen molar-refractivity contribution in [2.75, 3.05) is 31.1 Å². The highest BCUT2D eigenvalue weighted by atomic mass is 16.5. The van der Waals surface area contributed by atoms with Crippen molar-refractivity contribution >= 4 is 22.6 Å². The van der Waals surface area contributed by atoms with E-state index in [4.69, 9.17) is 9.51 Å². The van der Waals surface area contributed by atoms with E-state index in [1.165, 1.54) is 0 Å². The van der Waals surface area contributed by atoms with Crippen LogP contribution in [0, 0.1) is 12.8 Å². The van der Waals surface area contributed by atoms with E-state index in [1.807, 2.05) is 29.2 Å². The lowest BCUT2D eigenvalue weighted by Crippen LogP contribution is -2.49. The molecule has 0 unspecified atom stereocenters. The Morgan fingerprint density at radius 2 is 1.89 bits per heavy atom. The number of carbonyl (C=O) groups is 1. The first-order chi connectivity index (χ1) is 13.2. The highest BCUT2D eigenvalue weighted by molar-refractivity contribution is 5.88. The molecule has 3 aromatic rings. The minimum atomic E-state index is 0.271. The number of benzene rings is 1. The lowest BCUT2D eigenvalue weighted by atomic mass is 10.1. The first-order valence-electron chi connectivity index (χ1n) is 9.43. The van der Waals surface area contributed by atoms with Gasteiger partial charge in [0.1, 0.15) is 5.82 Å². The zero-order valence-electron chi connectivity index (χ0n) is 15.3. The van der Waals surface area contributed by atoms with Crippen molar-refractivity contribution in [1.29, 1.82) is 0 Å². The standard InChI is InChI=1S/C20H21N5O2/c1-13-21-18(23-27-13)16-12-15-4-2-3-5-17(15)22-19(16)24-8-10-25(11-9-24)20(26)14-6-7-14/h2-5,12,14H,6-11H2,1H3. The van der Waals surface area contributed by atoms with E-state index in [0.29, 0.717) is 17.6 Å². The van der Waals surface area contributed by atoms with E-state index in [9.17, 15) is 4.79 Å². The molecular weight excluding hydrogens is 342 g/mol. The lowest BCUT2D eigenvalue weighted by molar-refractivity contribution is -0.132. The van der Waals surface area contributed by atoms with Crippen LogP contribution in [-0.4, -0.2) is 52.1 Å². The normalized spacial score (nSPS) is 17.5.